The van der Waals surface area contributed by atoms with Crippen molar-refractivity contribution in [2.75, 3.05) is 0 Å². The molecule has 0 aliphatic rings. The molecule has 3 aromatic rings. The highest BCUT2D eigenvalue weighted by Crippen LogP contribution is 2.32. The standard InChI is InChI=1S/C13H7Cl2NO3/c1-5-4-8(17)19-12-9(5)13(18)16-11-7(15)3-2-6(14)10(11)12/h2-4H,1H3,(H,16,18). The SMILES string of the molecule is Cc1cc(=O)oc2c1c(=O)[nH]c1c(Cl)ccc(Cl)c12. The van der Waals surface area contributed by atoms with Gasteiger partial charge >= 0.3 is 5.63 Å². The fourth-order valence-corrected chi connectivity index (χ4v) is 2.59. The van der Waals surface area contributed by atoms with E-state index < -0.39 is 5.63 Å². The summed E-state index contributed by atoms with van der Waals surface area (Å²) in [6, 6.07) is 4.43. The average molecular weight is 296 g/mol. The van der Waals surface area contributed by atoms with E-state index in [1.54, 1.807) is 19.1 Å². The molecule has 19 heavy (non-hydrogen) atoms. The van der Waals surface area contributed by atoms with Crippen molar-refractivity contribution >= 4 is 45.1 Å². The molecule has 1 aromatic carbocycles. The Bertz CT molecular complexity index is 940. The van der Waals surface area contributed by atoms with E-state index in [1.807, 2.05) is 0 Å². The molecule has 3 rings (SSSR count). The van der Waals surface area contributed by atoms with Crippen LogP contribution < -0.4 is 11.2 Å². The second-order valence-electron chi connectivity index (χ2n) is 4.19. The van der Waals surface area contributed by atoms with Crippen LogP contribution in [-0.2, 0) is 0 Å². The van der Waals surface area contributed by atoms with Crippen LogP contribution >= 0.6 is 23.2 Å². The highest BCUT2D eigenvalue weighted by Gasteiger charge is 2.15. The van der Waals surface area contributed by atoms with Crippen LogP contribution in [0.15, 0.2) is 32.2 Å². The van der Waals surface area contributed by atoms with Crippen molar-refractivity contribution in [2.24, 2.45) is 0 Å². The van der Waals surface area contributed by atoms with Crippen LogP contribution in [-0.4, -0.2) is 4.98 Å². The number of aromatic amines is 1. The normalized spacial score (nSPS) is 11.3. The molecular formula is C13H7Cl2NO3. The number of hydrogen-bond acceptors (Lipinski definition) is 3. The number of H-pyrrole nitrogens is 1. The van der Waals surface area contributed by atoms with E-state index >= 15 is 0 Å². The third-order valence-corrected chi connectivity index (χ3v) is 3.58. The first-order valence-corrected chi connectivity index (χ1v) is 6.19. The van der Waals surface area contributed by atoms with Gasteiger partial charge < -0.3 is 9.40 Å². The highest BCUT2D eigenvalue weighted by atomic mass is 35.5. The maximum atomic E-state index is 12.1. The molecule has 0 aliphatic heterocycles. The summed E-state index contributed by atoms with van der Waals surface area (Å²) in [7, 11) is 0. The van der Waals surface area contributed by atoms with Crippen LogP contribution in [0.4, 0.5) is 0 Å². The first-order valence-electron chi connectivity index (χ1n) is 5.43. The van der Waals surface area contributed by atoms with Gasteiger partial charge in [0.15, 0.2) is 5.58 Å². The molecule has 0 atom stereocenters. The number of halogens is 2. The van der Waals surface area contributed by atoms with Gasteiger partial charge in [-0.25, -0.2) is 4.79 Å². The summed E-state index contributed by atoms with van der Waals surface area (Å²) in [4.78, 5) is 26.2. The van der Waals surface area contributed by atoms with E-state index in [-0.39, 0.29) is 11.1 Å². The summed E-state index contributed by atoms with van der Waals surface area (Å²) in [5, 5.41) is 1.43. The number of aromatic nitrogens is 1. The van der Waals surface area contributed by atoms with Crippen LogP contribution in [0.25, 0.3) is 21.9 Å². The van der Waals surface area contributed by atoms with Gasteiger partial charge in [-0.15, -0.1) is 0 Å². The molecule has 96 valence electrons. The molecule has 0 fully saturated rings. The van der Waals surface area contributed by atoms with E-state index in [1.165, 1.54) is 6.07 Å². The Labute approximate surface area is 116 Å². The second kappa shape index (κ2) is 4.11. The topological polar surface area (TPSA) is 63.1 Å². The Morgan fingerprint density at radius 2 is 1.79 bits per heavy atom. The van der Waals surface area contributed by atoms with Crippen molar-refractivity contribution in [1.82, 2.24) is 4.98 Å². The highest BCUT2D eigenvalue weighted by molar-refractivity contribution is 6.41. The van der Waals surface area contributed by atoms with Gasteiger partial charge in [0, 0.05) is 6.07 Å². The minimum atomic E-state index is -0.534. The summed E-state index contributed by atoms with van der Waals surface area (Å²) >= 11 is 12.2. The number of hydrogen-bond donors (Lipinski definition) is 1. The Hall–Kier alpha value is -1.78. The van der Waals surface area contributed by atoms with Gasteiger partial charge in [-0.3, -0.25) is 4.79 Å². The third kappa shape index (κ3) is 1.76. The smallest absolute Gasteiger partial charge is 0.336 e. The summed E-state index contributed by atoms with van der Waals surface area (Å²) in [5.41, 5.74) is 0.156. The van der Waals surface area contributed by atoms with Crippen LogP contribution in [0.5, 0.6) is 0 Å². The van der Waals surface area contributed by atoms with Gasteiger partial charge in [-0.1, -0.05) is 23.2 Å². The summed E-state index contributed by atoms with van der Waals surface area (Å²) < 4.78 is 5.15. The minimum Gasteiger partial charge on any atom is -0.422 e. The molecule has 0 aliphatic carbocycles. The fraction of sp³-hybridized carbons (Fsp3) is 0.0769. The van der Waals surface area contributed by atoms with Crippen LogP contribution in [0.1, 0.15) is 5.56 Å². The largest absolute Gasteiger partial charge is 0.422 e. The number of nitrogens with one attached hydrogen (secondary N) is 1. The average Bonchev–Trinajstić information content (AvgIpc) is 2.32. The van der Waals surface area contributed by atoms with E-state index in [0.717, 1.165) is 0 Å². The van der Waals surface area contributed by atoms with E-state index in [4.69, 9.17) is 27.6 Å². The molecule has 4 nitrogen and oxygen atoms in total. The molecule has 6 heteroatoms. The first kappa shape index (κ1) is 12.3. The Kier molecular flexibility index (Phi) is 2.66. The lowest BCUT2D eigenvalue weighted by Gasteiger charge is -2.07. The zero-order valence-electron chi connectivity index (χ0n) is 9.71. The lowest BCUT2D eigenvalue weighted by atomic mass is 10.1. The Morgan fingerprint density at radius 3 is 2.53 bits per heavy atom. The predicted octanol–water partition coefficient (Wildman–Crippen LogP) is 3.25. The maximum Gasteiger partial charge on any atom is 0.336 e. The number of fused-ring (bicyclic) bond motifs is 3. The van der Waals surface area contributed by atoms with Crippen LogP contribution in [0, 0.1) is 6.92 Å². The van der Waals surface area contributed by atoms with Crippen molar-refractivity contribution in [1.29, 1.82) is 0 Å². The van der Waals surface area contributed by atoms with Crippen molar-refractivity contribution in [3.8, 4) is 0 Å². The van der Waals surface area contributed by atoms with Crippen LogP contribution in [0.2, 0.25) is 10.0 Å². The van der Waals surface area contributed by atoms with E-state index in [0.29, 0.717) is 31.9 Å². The molecule has 0 unspecified atom stereocenters. The van der Waals surface area contributed by atoms with Crippen molar-refractivity contribution in [3.63, 3.8) is 0 Å². The maximum absolute atomic E-state index is 12.1. The quantitative estimate of drug-likeness (QED) is 0.648. The molecule has 0 saturated heterocycles. The van der Waals surface area contributed by atoms with E-state index in [2.05, 4.69) is 4.98 Å². The van der Waals surface area contributed by atoms with Crippen molar-refractivity contribution in [3.05, 3.63) is 54.6 Å². The molecule has 0 spiro atoms. The molecule has 0 amide bonds. The number of rotatable bonds is 0. The van der Waals surface area contributed by atoms with Gasteiger partial charge in [0.25, 0.3) is 5.56 Å². The first-order chi connectivity index (χ1) is 8.99. The van der Waals surface area contributed by atoms with Gasteiger partial charge in [0.05, 0.1) is 26.3 Å². The minimum absolute atomic E-state index is 0.163. The van der Waals surface area contributed by atoms with Crippen molar-refractivity contribution < 1.29 is 4.42 Å². The third-order valence-electron chi connectivity index (χ3n) is 2.95. The Morgan fingerprint density at radius 1 is 1.11 bits per heavy atom. The monoisotopic (exact) mass is 295 g/mol. The van der Waals surface area contributed by atoms with Gasteiger partial charge in [0.1, 0.15) is 0 Å². The predicted molar refractivity (Wildman–Crippen MR) is 75.4 cm³/mol. The molecule has 1 N–H and O–H groups in total. The summed E-state index contributed by atoms with van der Waals surface area (Å²) in [6.07, 6.45) is 0. The number of aryl methyl sites for hydroxylation is 1. The molecule has 0 saturated carbocycles. The molecule has 0 bridgehead atoms. The lowest BCUT2D eigenvalue weighted by Crippen LogP contribution is -2.11. The molecule has 2 heterocycles. The number of pyridine rings is 1. The lowest BCUT2D eigenvalue weighted by molar-refractivity contribution is 0.562. The number of benzene rings is 1. The van der Waals surface area contributed by atoms with Crippen LogP contribution in [0.3, 0.4) is 0 Å². The van der Waals surface area contributed by atoms with Crippen molar-refractivity contribution in [2.45, 2.75) is 6.92 Å². The molecular weight excluding hydrogens is 289 g/mol. The fourth-order valence-electron chi connectivity index (χ4n) is 2.14. The zero-order valence-corrected chi connectivity index (χ0v) is 11.2. The Balaban J connectivity index is 2.79. The molecule has 2 aromatic heterocycles. The van der Waals surface area contributed by atoms with E-state index in [9.17, 15) is 9.59 Å². The summed E-state index contributed by atoms with van der Waals surface area (Å²) in [6.45, 7) is 1.67. The molecule has 0 radical (unpaired) electrons. The van der Waals surface area contributed by atoms with Gasteiger partial charge in [-0.05, 0) is 24.6 Å². The zero-order chi connectivity index (χ0) is 13.7. The second-order valence-corrected chi connectivity index (χ2v) is 5.00. The van der Waals surface area contributed by atoms with Gasteiger partial charge in [-0.2, -0.15) is 0 Å². The summed E-state index contributed by atoms with van der Waals surface area (Å²) in [5.74, 6) is 0. The van der Waals surface area contributed by atoms with Gasteiger partial charge in [0.2, 0.25) is 0 Å².